The first-order valence-corrected chi connectivity index (χ1v) is 7.24. The highest BCUT2D eigenvalue weighted by Crippen LogP contribution is 2.30. The van der Waals surface area contributed by atoms with E-state index in [4.69, 9.17) is 14.2 Å². The first kappa shape index (κ1) is 18.8. The van der Waals surface area contributed by atoms with Crippen LogP contribution in [0.25, 0.3) is 0 Å². The van der Waals surface area contributed by atoms with Crippen LogP contribution in [0.5, 0.6) is 11.5 Å². The number of para-hydroxylation sites is 2. The van der Waals surface area contributed by atoms with Crippen LogP contribution in [0.1, 0.15) is 6.92 Å². The first-order valence-electron chi connectivity index (χ1n) is 7.24. The molecule has 6 nitrogen and oxygen atoms in total. The molecule has 1 aromatic carbocycles. The molecular weight excluding hydrogens is 397 g/mol. The van der Waals surface area contributed by atoms with Crippen LogP contribution in [0.15, 0.2) is 29.3 Å². The number of nitrogens with one attached hydrogen (secondary N) is 2. The molecular formula is C15H24IN3O3. The number of rotatable bonds is 6. The molecule has 1 aromatic rings. The predicted molar refractivity (Wildman–Crippen MR) is 97.6 cm³/mol. The fourth-order valence-corrected chi connectivity index (χ4v) is 1.98. The maximum Gasteiger partial charge on any atom is 0.191 e. The number of ether oxygens (including phenoxy) is 3. The van der Waals surface area contributed by atoms with E-state index in [1.54, 1.807) is 7.05 Å². The summed E-state index contributed by atoms with van der Waals surface area (Å²) in [5, 5.41) is 6.41. The summed E-state index contributed by atoms with van der Waals surface area (Å²) in [6, 6.07) is 7.70. The van der Waals surface area contributed by atoms with Gasteiger partial charge in [-0.15, -0.1) is 24.0 Å². The number of fused-ring (bicyclic) bond motifs is 1. The van der Waals surface area contributed by atoms with Crippen LogP contribution in [-0.2, 0) is 4.74 Å². The summed E-state index contributed by atoms with van der Waals surface area (Å²) >= 11 is 0. The molecule has 1 aliphatic heterocycles. The highest BCUT2D eigenvalue weighted by molar-refractivity contribution is 14.0. The summed E-state index contributed by atoms with van der Waals surface area (Å²) in [6.45, 7) is 5.24. The Bertz CT molecular complexity index is 471. The van der Waals surface area contributed by atoms with Gasteiger partial charge in [-0.25, -0.2) is 0 Å². The molecule has 2 rings (SSSR count). The lowest BCUT2D eigenvalue weighted by Gasteiger charge is -2.27. The van der Waals surface area contributed by atoms with Gasteiger partial charge in [0.05, 0.1) is 13.2 Å². The third-order valence-electron chi connectivity index (χ3n) is 3.03. The molecule has 7 heteroatoms. The highest BCUT2D eigenvalue weighted by atomic mass is 127. The standard InChI is InChI=1S/C15H23N3O3.HI/c1-3-19-9-8-17-15(16-2)18-10-12-11-20-13-6-4-5-7-14(13)21-12;/h4-7,12H,3,8-11H2,1-2H3,(H2,16,17,18);1H. The second kappa shape index (κ2) is 10.5. The maximum atomic E-state index is 5.87. The van der Waals surface area contributed by atoms with Gasteiger partial charge in [0.1, 0.15) is 12.7 Å². The number of guanidine groups is 1. The molecule has 22 heavy (non-hydrogen) atoms. The minimum atomic E-state index is -0.0367. The summed E-state index contributed by atoms with van der Waals surface area (Å²) < 4.78 is 16.8. The molecule has 0 aromatic heterocycles. The van der Waals surface area contributed by atoms with Crippen molar-refractivity contribution in [2.45, 2.75) is 13.0 Å². The summed E-state index contributed by atoms with van der Waals surface area (Å²) in [5.74, 6) is 2.32. The SMILES string of the molecule is CCOCCNC(=NC)NCC1COc2ccccc2O1.I. The van der Waals surface area contributed by atoms with Crippen molar-refractivity contribution in [3.05, 3.63) is 24.3 Å². The average molecular weight is 421 g/mol. The highest BCUT2D eigenvalue weighted by Gasteiger charge is 2.20. The number of hydrogen-bond acceptors (Lipinski definition) is 4. The van der Waals surface area contributed by atoms with Gasteiger partial charge in [-0.1, -0.05) is 12.1 Å². The van der Waals surface area contributed by atoms with Gasteiger partial charge >= 0.3 is 0 Å². The van der Waals surface area contributed by atoms with E-state index in [1.807, 2.05) is 31.2 Å². The zero-order valence-corrected chi connectivity index (χ0v) is 15.3. The number of benzene rings is 1. The molecule has 0 amide bonds. The van der Waals surface area contributed by atoms with Crippen molar-refractivity contribution in [1.82, 2.24) is 10.6 Å². The smallest absolute Gasteiger partial charge is 0.191 e. The summed E-state index contributed by atoms with van der Waals surface area (Å²) in [5.41, 5.74) is 0. The second-order valence-corrected chi connectivity index (χ2v) is 4.57. The molecule has 0 aliphatic carbocycles. The average Bonchev–Trinajstić information content (AvgIpc) is 2.54. The minimum Gasteiger partial charge on any atom is -0.486 e. The number of hydrogen-bond donors (Lipinski definition) is 2. The molecule has 0 fully saturated rings. The molecule has 0 saturated heterocycles. The summed E-state index contributed by atoms with van der Waals surface area (Å²) in [4.78, 5) is 4.16. The van der Waals surface area contributed by atoms with Crippen molar-refractivity contribution in [3.63, 3.8) is 0 Å². The molecule has 0 radical (unpaired) electrons. The number of halogens is 1. The summed E-state index contributed by atoms with van der Waals surface area (Å²) in [7, 11) is 1.74. The molecule has 1 unspecified atom stereocenters. The zero-order chi connectivity index (χ0) is 14.9. The Morgan fingerprint density at radius 3 is 2.82 bits per heavy atom. The lowest BCUT2D eigenvalue weighted by molar-refractivity contribution is 0.0935. The van der Waals surface area contributed by atoms with E-state index in [0.29, 0.717) is 19.8 Å². The van der Waals surface area contributed by atoms with Crippen LogP contribution in [0.2, 0.25) is 0 Å². The minimum absolute atomic E-state index is 0. The van der Waals surface area contributed by atoms with Crippen LogP contribution in [-0.4, -0.2) is 52.0 Å². The molecule has 2 N–H and O–H groups in total. The van der Waals surface area contributed by atoms with Gasteiger partial charge < -0.3 is 24.8 Å². The van der Waals surface area contributed by atoms with E-state index in [2.05, 4.69) is 15.6 Å². The van der Waals surface area contributed by atoms with Crippen molar-refractivity contribution < 1.29 is 14.2 Å². The van der Waals surface area contributed by atoms with Crippen molar-refractivity contribution in [2.75, 3.05) is 40.0 Å². The monoisotopic (exact) mass is 421 g/mol. The molecule has 1 aliphatic rings. The van der Waals surface area contributed by atoms with Gasteiger partial charge in [0.15, 0.2) is 17.5 Å². The Balaban J connectivity index is 0.00000242. The van der Waals surface area contributed by atoms with E-state index in [1.165, 1.54) is 0 Å². The fourth-order valence-electron chi connectivity index (χ4n) is 1.98. The van der Waals surface area contributed by atoms with Crippen LogP contribution in [0, 0.1) is 0 Å². The van der Waals surface area contributed by atoms with Crippen LogP contribution >= 0.6 is 24.0 Å². The Labute approximate surface area is 148 Å². The molecule has 0 saturated carbocycles. The first-order chi connectivity index (χ1) is 10.3. The largest absolute Gasteiger partial charge is 0.486 e. The van der Waals surface area contributed by atoms with E-state index in [9.17, 15) is 0 Å². The topological polar surface area (TPSA) is 64.1 Å². The molecule has 1 heterocycles. The molecule has 124 valence electrons. The van der Waals surface area contributed by atoms with Crippen molar-refractivity contribution in [1.29, 1.82) is 0 Å². The molecule has 1 atom stereocenters. The Kier molecular flexibility index (Phi) is 8.98. The molecule has 0 bridgehead atoms. The second-order valence-electron chi connectivity index (χ2n) is 4.57. The van der Waals surface area contributed by atoms with Crippen LogP contribution in [0.3, 0.4) is 0 Å². The number of aliphatic imine (C=N–C) groups is 1. The van der Waals surface area contributed by atoms with Gasteiger partial charge in [-0.3, -0.25) is 4.99 Å². The summed E-state index contributed by atoms with van der Waals surface area (Å²) in [6.07, 6.45) is -0.0367. The van der Waals surface area contributed by atoms with Crippen molar-refractivity contribution >= 4 is 29.9 Å². The normalized spacial score (nSPS) is 16.6. The van der Waals surface area contributed by atoms with Crippen LogP contribution < -0.4 is 20.1 Å². The lowest BCUT2D eigenvalue weighted by atomic mass is 10.2. The Hall–Kier alpha value is -1.22. The van der Waals surface area contributed by atoms with E-state index < -0.39 is 0 Å². The lowest BCUT2D eigenvalue weighted by Crippen LogP contribution is -2.46. The third-order valence-corrected chi connectivity index (χ3v) is 3.03. The Morgan fingerprint density at radius 2 is 2.09 bits per heavy atom. The van der Waals surface area contributed by atoms with Gasteiger partial charge in [-0.2, -0.15) is 0 Å². The fraction of sp³-hybridized carbons (Fsp3) is 0.533. The van der Waals surface area contributed by atoms with Gasteiger partial charge in [0.25, 0.3) is 0 Å². The van der Waals surface area contributed by atoms with E-state index in [-0.39, 0.29) is 30.1 Å². The number of nitrogens with zero attached hydrogens (tertiary/aromatic N) is 1. The van der Waals surface area contributed by atoms with Crippen molar-refractivity contribution in [3.8, 4) is 11.5 Å². The van der Waals surface area contributed by atoms with Crippen LogP contribution in [0.4, 0.5) is 0 Å². The van der Waals surface area contributed by atoms with Crippen molar-refractivity contribution in [2.24, 2.45) is 4.99 Å². The van der Waals surface area contributed by atoms with E-state index in [0.717, 1.165) is 30.6 Å². The molecule has 0 spiro atoms. The third kappa shape index (κ3) is 5.88. The predicted octanol–water partition coefficient (Wildman–Crippen LogP) is 1.65. The quantitative estimate of drug-likeness (QED) is 0.317. The van der Waals surface area contributed by atoms with E-state index >= 15 is 0 Å². The van der Waals surface area contributed by atoms with Gasteiger partial charge in [0.2, 0.25) is 0 Å². The van der Waals surface area contributed by atoms with Gasteiger partial charge in [0, 0.05) is 20.2 Å². The Morgan fingerprint density at radius 1 is 1.32 bits per heavy atom. The van der Waals surface area contributed by atoms with Gasteiger partial charge in [-0.05, 0) is 19.1 Å². The maximum absolute atomic E-state index is 5.87. The zero-order valence-electron chi connectivity index (χ0n) is 13.0.